The molecule has 2 N–H and O–H groups in total. The summed E-state index contributed by atoms with van der Waals surface area (Å²) < 4.78 is 14.6. The molecule has 1 aliphatic rings. The zero-order chi connectivity index (χ0) is 22.5. The molecule has 1 saturated heterocycles. The molecule has 0 saturated carbocycles. The van der Waals surface area contributed by atoms with Gasteiger partial charge < -0.3 is 10.6 Å². The van der Waals surface area contributed by atoms with Crippen LogP contribution in [0.3, 0.4) is 0 Å². The number of nitrogens with zero attached hydrogens (tertiary/aromatic N) is 2. The number of hydrogen-bond acceptors (Lipinski definition) is 4. The van der Waals surface area contributed by atoms with E-state index < -0.39 is 18.1 Å². The molecule has 1 aromatic heterocycles. The van der Waals surface area contributed by atoms with Gasteiger partial charge >= 0.3 is 0 Å². The predicted molar refractivity (Wildman–Crippen MR) is 121 cm³/mol. The third-order valence-corrected chi connectivity index (χ3v) is 5.89. The highest BCUT2D eigenvalue weighted by Gasteiger charge is 2.32. The average molecular weight is 467 g/mol. The maximum atomic E-state index is 14.6. The Kier molecular flexibility index (Phi) is 7.86. The monoisotopic (exact) mass is 466 g/mol. The van der Waals surface area contributed by atoms with Gasteiger partial charge in [-0.1, -0.05) is 29.3 Å². The Labute approximate surface area is 191 Å². The molecular formula is C22H25Cl2FN4O2. The Balaban J connectivity index is 1.69. The highest BCUT2D eigenvalue weighted by atomic mass is 35.5. The first-order valence-corrected chi connectivity index (χ1v) is 10.9. The molecular weight excluding hydrogens is 442 g/mol. The lowest BCUT2D eigenvalue weighted by Gasteiger charge is -2.37. The third-order valence-electron chi connectivity index (χ3n) is 5.32. The summed E-state index contributed by atoms with van der Waals surface area (Å²) in [6.45, 7) is 5.03. The summed E-state index contributed by atoms with van der Waals surface area (Å²) in [6, 6.07) is 7.68. The van der Waals surface area contributed by atoms with Crippen molar-refractivity contribution < 1.29 is 14.0 Å². The number of halogens is 3. The number of pyridine rings is 1. The molecule has 2 amide bonds. The van der Waals surface area contributed by atoms with E-state index in [4.69, 9.17) is 23.2 Å². The van der Waals surface area contributed by atoms with Crippen LogP contribution in [0.1, 0.15) is 36.2 Å². The molecule has 2 atom stereocenters. The van der Waals surface area contributed by atoms with Gasteiger partial charge in [0.25, 0.3) is 5.91 Å². The summed E-state index contributed by atoms with van der Waals surface area (Å²) in [4.78, 5) is 31.5. The molecule has 3 rings (SSSR count). The van der Waals surface area contributed by atoms with Gasteiger partial charge in [-0.15, -0.1) is 0 Å². The van der Waals surface area contributed by atoms with Gasteiger partial charge in [0.1, 0.15) is 12.0 Å². The first kappa shape index (κ1) is 23.4. The molecule has 166 valence electrons. The van der Waals surface area contributed by atoms with Crippen molar-refractivity contribution in [1.29, 1.82) is 0 Å². The van der Waals surface area contributed by atoms with Crippen LogP contribution in [0.25, 0.3) is 0 Å². The fraction of sp³-hybridized carbons (Fsp3) is 0.409. The van der Waals surface area contributed by atoms with Crippen LogP contribution in [-0.2, 0) is 11.2 Å². The summed E-state index contributed by atoms with van der Waals surface area (Å²) >= 11 is 12.1. The number of likely N-dealkylation sites (tertiary alicyclic amines) is 1. The lowest BCUT2D eigenvalue weighted by Crippen LogP contribution is -2.53. The van der Waals surface area contributed by atoms with E-state index in [1.807, 2.05) is 18.7 Å². The van der Waals surface area contributed by atoms with Crippen molar-refractivity contribution in [2.45, 2.75) is 44.9 Å². The van der Waals surface area contributed by atoms with Gasteiger partial charge in [-0.2, -0.15) is 0 Å². The zero-order valence-electron chi connectivity index (χ0n) is 17.4. The second-order valence-electron chi connectivity index (χ2n) is 7.83. The first-order chi connectivity index (χ1) is 14.7. The Hall–Kier alpha value is -2.22. The van der Waals surface area contributed by atoms with Crippen molar-refractivity contribution in [3.05, 3.63) is 57.7 Å². The van der Waals surface area contributed by atoms with E-state index in [1.165, 1.54) is 6.20 Å². The number of piperidine rings is 1. The number of amides is 2. The van der Waals surface area contributed by atoms with Gasteiger partial charge in [-0.25, -0.2) is 9.37 Å². The van der Waals surface area contributed by atoms with E-state index in [0.29, 0.717) is 34.4 Å². The Morgan fingerprint density at radius 1 is 1.26 bits per heavy atom. The predicted octanol–water partition coefficient (Wildman–Crippen LogP) is 4.12. The second-order valence-corrected chi connectivity index (χ2v) is 8.67. The Morgan fingerprint density at radius 3 is 2.68 bits per heavy atom. The molecule has 0 radical (unpaired) electrons. The van der Waals surface area contributed by atoms with Gasteiger partial charge in [-0.3, -0.25) is 14.5 Å². The normalized spacial score (nSPS) is 19.3. The van der Waals surface area contributed by atoms with E-state index in [2.05, 4.69) is 15.6 Å². The van der Waals surface area contributed by atoms with Gasteiger partial charge in [0.2, 0.25) is 5.91 Å². The number of benzene rings is 1. The Morgan fingerprint density at radius 2 is 2.03 bits per heavy atom. The molecule has 0 unspecified atom stereocenters. The van der Waals surface area contributed by atoms with Crippen molar-refractivity contribution in [2.24, 2.45) is 0 Å². The van der Waals surface area contributed by atoms with E-state index in [9.17, 15) is 14.0 Å². The number of anilines is 1. The maximum absolute atomic E-state index is 14.6. The molecule has 0 bridgehead atoms. The molecule has 2 heterocycles. The molecule has 0 aliphatic carbocycles. The molecule has 6 nitrogen and oxygen atoms in total. The smallest absolute Gasteiger partial charge is 0.251 e. The van der Waals surface area contributed by atoms with Crippen LogP contribution in [0.4, 0.5) is 10.2 Å². The van der Waals surface area contributed by atoms with Crippen LogP contribution < -0.4 is 10.6 Å². The largest absolute Gasteiger partial charge is 0.346 e. The lowest BCUT2D eigenvalue weighted by molar-refractivity contribution is -0.115. The van der Waals surface area contributed by atoms with E-state index in [-0.39, 0.29) is 30.5 Å². The maximum Gasteiger partial charge on any atom is 0.251 e. The number of hydrogen-bond donors (Lipinski definition) is 2. The van der Waals surface area contributed by atoms with Crippen molar-refractivity contribution in [1.82, 2.24) is 15.2 Å². The highest BCUT2D eigenvalue weighted by molar-refractivity contribution is 6.32. The summed E-state index contributed by atoms with van der Waals surface area (Å²) in [5.41, 5.74) is 0.633. The van der Waals surface area contributed by atoms with Crippen molar-refractivity contribution in [3.63, 3.8) is 0 Å². The molecule has 1 aliphatic heterocycles. The van der Waals surface area contributed by atoms with Crippen molar-refractivity contribution >= 4 is 40.8 Å². The number of nitrogens with one attached hydrogen (secondary N) is 2. The number of alkyl halides is 1. The number of aromatic nitrogens is 1. The van der Waals surface area contributed by atoms with E-state index in [1.54, 1.807) is 30.3 Å². The van der Waals surface area contributed by atoms with Crippen LogP contribution in [0.5, 0.6) is 0 Å². The van der Waals surface area contributed by atoms with E-state index in [0.717, 1.165) is 0 Å². The van der Waals surface area contributed by atoms with E-state index >= 15 is 0 Å². The summed E-state index contributed by atoms with van der Waals surface area (Å²) in [5, 5.41) is 6.18. The standard InChI is InChI=1S/C22H25Cl2FN4O2/c1-13(2)29-9-8-19(18(25)12-29)27-22(31)15-4-3-5-17(24)16(15)10-21(30)28-20-7-6-14(23)11-26-20/h3-7,11,13,18-19H,8-10,12H2,1-2H3,(H,27,31)(H,26,28,30)/t18-,19+/m1/s1. The van der Waals surface area contributed by atoms with Crippen LogP contribution in [0.2, 0.25) is 10.0 Å². The SMILES string of the molecule is CC(C)N1CC[C@H](NC(=O)c2cccc(Cl)c2CC(=O)Nc2ccc(Cl)cn2)[C@H](F)C1. The van der Waals surface area contributed by atoms with Crippen LogP contribution >= 0.6 is 23.2 Å². The topological polar surface area (TPSA) is 74.3 Å². The lowest BCUT2D eigenvalue weighted by atomic mass is 9.99. The van der Waals surface area contributed by atoms with Gasteiger partial charge in [0.15, 0.2) is 0 Å². The summed E-state index contributed by atoms with van der Waals surface area (Å²) in [5.74, 6) is -0.490. The van der Waals surface area contributed by atoms with Crippen molar-refractivity contribution in [2.75, 3.05) is 18.4 Å². The number of carbonyl (C=O) groups is 2. The number of carbonyl (C=O) groups excluding carboxylic acids is 2. The molecule has 0 spiro atoms. The molecule has 1 aromatic carbocycles. The molecule has 1 fully saturated rings. The quantitative estimate of drug-likeness (QED) is 0.671. The minimum atomic E-state index is -1.16. The van der Waals surface area contributed by atoms with Crippen LogP contribution in [0, 0.1) is 0 Å². The highest BCUT2D eigenvalue weighted by Crippen LogP contribution is 2.23. The minimum absolute atomic E-state index is 0.127. The third kappa shape index (κ3) is 6.15. The Bertz CT molecular complexity index is 940. The molecule has 31 heavy (non-hydrogen) atoms. The molecule has 9 heteroatoms. The fourth-order valence-electron chi connectivity index (χ4n) is 3.55. The summed E-state index contributed by atoms with van der Waals surface area (Å²) in [7, 11) is 0. The first-order valence-electron chi connectivity index (χ1n) is 10.1. The minimum Gasteiger partial charge on any atom is -0.346 e. The summed E-state index contributed by atoms with van der Waals surface area (Å²) in [6.07, 6.45) is 0.646. The number of rotatable bonds is 6. The molecule has 2 aromatic rings. The average Bonchev–Trinajstić information content (AvgIpc) is 2.72. The van der Waals surface area contributed by atoms with Gasteiger partial charge in [-0.05, 0) is 50.1 Å². The zero-order valence-corrected chi connectivity index (χ0v) is 18.9. The second kappa shape index (κ2) is 10.4. The fourth-order valence-corrected chi connectivity index (χ4v) is 3.91. The van der Waals surface area contributed by atoms with Gasteiger partial charge in [0, 0.05) is 35.9 Å². The van der Waals surface area contributed by atoms with Crippen molar-refractivity contribution in [3.8, 4) is 0 Å². The van der Waals surface area contributed by atoms with Crippen LogP contribution in [-0.4, -0.2) is 53.0 Å². The van der Waals surface area contributed by atoms with Crippen LogP contribution in [0.15, 0.2) is 36.5 Å². The van der Waals surface area contributed by atoms with Gasteiger partial charge in [0.05, 0.1) is 17.5 Å².